The van der Waals surface area contributed by atoms with Gasteiger partial charge in [-0.25, -0.2) is 4.98 Å². The van der Waals surface area contributed by atoms with Crippen molar-refractivity contribution in [1.29, 1.82) is 0 Å². The van der Waals surface area contributed by atoms with Gasteiger partial charge in [0.25, 0.3) is 0 Å². The fourth-order valence-electron chi connectivity index (χ4n) is 2.04. The lowest BCUT2D eigenvalue weighted by Gasteiger charge is -2.14. The topological polar surface area (TPSA) is 12.9 Å². The summed E-state index contributed by atoms with van der Waals surface area (Å²) in [6, 6.07) is 8.82. The molecule has 1 aliphatic heterocycles. The van der Waals surface area contributed by atoms with Crippen LogP contribution >= 0.6 is 11.8 Å². The zero-order valence-corrected chi connectivity index (χ0v) is 9.60. The van der Waals surface area contributed by atoms with Gasteiger partial charge in [0.1, 0.15) is 0 Å². The second-order valence-corrected chi connectivity index (χ2v) is 5.18. The molecule has 3 rings (SSSR count). The highest BCUT2D eigenvalue weighted by molar-refractivity contribution is 7.99. The van der Waals surface area contributed by atoms with E-state index in [1.54, 1.807) is 0 Å². The zero-order chi connectivity index (χ0) is 10.3. The smallest absolute Gasteiger partial charge is 0.0999 e. The van der Waals surface area contributed by atoms with E-state index in [1.165, 1.54) is 40.1 Å². The lowest BCUT2D eigenvalue weighted by molar-refractivity contribution is 0.867. The molecule has 0 spiro atoms. The lowest BCUT2D eigenvalue weighted by atomic mass is 10.1. The molecule has 0 bridgehead atoms. The standard InChI is InChI=1S/C13H13NS/c1-9-4-5-10-8-11-3-2-6-15-13(11)14-12(10)7-9/h4-5,7-8H,2-3,6H2,1H3. The second-order valence-electron chi connectivity index (χ2n) is 4.10. The van der Waals surface area contributed by atoms with Gasteiger partial charge in [0.05, 0.1) is 10.5 Å². The summed E-state index contributed by atoms with van der Waals surface area (Å²) in [7, 11) is 0. The summed E-state index contributed by atoms with van der Waals surface area (Å²) < 4.78 is 0. The number of pyridine rings is 1. The maximum absolute atomic E-state index is 4.74. The number of rotatable bonds is 0. The monoisotopic (exact) mass is 215 g/mol. The van der Waals surface area contributed by atoms with Crippen LogP contribution in [0.1, 0.15) is 17.5 Å². The number of hydrogen-bond acceptors (Lipinski definition) is 2. The van der Waals surface area contributed by atoms with E-state index < -0.39 is 0 Å². The van der Waals surface area contributed by atoms with E-state index in [2.05, 4.69) is 31.2 Å². The SMILES string of the molecule is Cc1ccc2cc3c(nc2c1)SCCC3. The van der Waals surface area contributed by atoms with E-state index in [9.17, 15) is 0 Å². The molecule has 1 nitrogen and oxygen atoms in total. The lowest BCUT2D eigenvalue weighted by Crippen LogP contribution is -2.00. The van der Waals surface area contributed by atoms with Gasteiger partial charge in [-0.15, -0.1) is 11.8 Å². The first kappa shape index (κ1) is 9.22. The Morgan fingerprint density at radius 2 is 2.20 bits per heavy atom. The minimum Gasteiger partial charge on any atom is -0.241 e. The molecule has 0 unspecified atom stereocenters. The molecule has 0 N–H and O–H groups in total. The van der Waals surface area contributed by atoms with Gasteiger partial charge < -0.3 is 0 Å². The number of benzene rings is 1. The average molecular weight is 215 g/mol. The number of thioether (sulfide) groups is 1. The Hall–Kier alpha value is -1.02. The molecule has 76 valence electrons. The van der Waals surface area contributed by atoms with E-state index in [0.717, 1.165) is 5.52 Å². The summed E-state index contributed by atoms with van der Waals surface area (Å²) in [4.78, 5) is 4.74. The minimum atomic E-state index is 1.14. The van der Waals surface area contributed by atoms with E-state index >= 15 is 0 Å². The molecular formula is C13H13NS. The maximum atomic E-state index is 4.74. The fourth-order valence-corrected chi connectivity index (χ4v) is 3.03. The normalized spacial score (nSPS) is 15.3. The summed E-state index contributed by atoms with van der Waals surface area (Å²) in [5, 5.41) is 2.53. The van der Waals surface area contributed by atoms with E-state index in [0.29, 0.717) is 0 Å². The fraction of sp³-hybridized carbons (Fsp3) is 0.308. The predicted octanol–water partition coefficient (Wildman–Crippen LogP) is 3.58. The molecule has 2 aromatic rings. The molecule has 15 heavy (non-hydrogen) atoms. The van der Waals surface area contributed by atoms with Crippen molar-refractivity contribution in [1.82, 2.24) is 4.98 Å². The summed E-state index contributed by atoms with van der Waals surface area (Å²) >= 11 is 1.90. The molecule has 0 fully saturated rings. The Morgan fingerprint density at radius 1 is 1.27 bits per heavy atom. The van der Waals surface area contributed by atoms with Crippen molar-refractivity contribution >= 4 is 22.7 Å². The predicted molar refractivity (Wildman–Crippen MR) is 65.5 cm³/mol. The van der Waals surface area contributed by atoms with Crippen LogP contribution in [0.5, 0.6) is 0 Å². The van der Waals surface area contributed by atoms with Crippen LogP contribution in [0.25, 0.3) is 10.9 Å². The van der Waals surface area contributed by atoms with E-state index in [-0.39, 0.29) is 0 Å². The van der Waals surface area contributed by atoms with Gasteiger partial charge in [0.15, 0.2) is 0 Å². The van der Waals surface area contributed by atoms with Crippen LogP contribution < -0.4 is 0 Å². The van der Waals surface area contributed by atoms with Gasteiger partial charge in [0.2, 0.25) is 0 Å². The minimum absolute atomic E-state index is 1.14. The Bertz CT molecular complexity index is 519. The summed E-state index contributed by atoms with van der Waals surface area (Å²) in [6.45, 7) is 2.12. The summed E-state index contributed by atoms with van der Waals surface area (Å²) in [6.07, 6.45) is 2.48. The Kier molecular flexibility index (Phi) is 2.17. The van der Waals surface area contributed by atoms with Gasteiger partial charge >= 0.3 is 0 Å². The van der Waals surface area contributed by atoms with Crippen LogP contribution in [0.15, 0.2) is 29.3 Å². The first-order valence-corrected chi connectivity index (χ1v) is 6.34. The van der Waals surface area contributed by atoms with Crippen molar-refractivity contribution in [3.63, 3.8) is 0 Å². The Labute approximate surface area is 93.9 Å². The molecule has 0 saturated heterocycles. The summed E-state index contributed by atoms with van der Waals surface area (Å²) in [5.41, 5.74) is 3.86. The molecule has 0 amide bonds. The first-order chi connectivity index (χ1) is 7.33. The van der Waals surface area contributed by atoms with Crippen LogP contribution in [0, 0.1) is 6.92 Å². The molecule has 1 aromatic carbocycles. The number of nitrogens with zero attached hydrogens (tertiary/aromatic N) is 1. The van der Waals surface area contributed by atoms with Crippen LogP contribution in [0.3, 0.4) is 0 Å². The summed E-state index contributed by atoms with van der Waals surface area (Å²) in [5.74, 6) is 1.22. The van der Waals surface area contributed by atoms with Crippen molar-refractivity contribution in [2.24, 2.45) is 0 Å². The molecule has 0 aliphatic carbocycles. The first-order valence-electron chi connectivity index (χ1n) is 5.36. The van der Waals surface area contributed by atoms with Crippen LogP contribution in [0.2, 0.25) is 0 Å². The second kappa shape index (κ2) is 3.53. The van der Waals surface area contributed by atoms with Crippen molar-refractivity contribution in [2.45, 2.75) is 24.8 Å². The third kappa shape index (κ3) is 1.63. The van der Waals surface area contributed by atoms with Crippen LogP contribution in [-0.2, 0) is 6.42 Å². The third-order valence-electron chi connectivity index (χ3n) is 2.84. The maximum Gasteiger partial charge on any atom is 0.0999 e. The van der Waals surface area contributed by atoms with E-state index in [4.69, 9.17) is 4.98 Å². The molecular weight excluding hydrogens is 202 g/mol. The van der Waals surface area contributed by atoms with Crippen molar-refractivity contribution in [3.05, 3.63) is 35.4 Å². The van der Waals surface area contributed by atoms with Gasteiger partial charge in [0, 0.05) is 5.39 Å². The van der Waals surface area contributed by atoms with Gasteiger partial charge in [-0.2, -0.15) is 0 Å². The van der Waals surface area contributed by atoms with Crippen LogP contribution in [-0.4, -0.2) is 10.7 Å². The highest BCUT2D eigenvalue weighted by atomic mass is 32.2. The molecule has 0 saturated carbocycles. The number of hydrogen-bond donors (Lipinski definition) is 0. The third-order valence-corrected chi connectivity index (χ3v) is 3.96. The molecule has 2 heteroatoms. The van der Waals surface area contributed by atoms with Crippen molar-refractivity contribution in [2.75, 3.05) is 5.75 Å². The van der Waals surface area contributed by atoms with Gasteiger partial charge in [-0.1, -0.05) is 12.1 Å². The number of fused-ring (bicyclic) bond motifs is 2. The van der Waals surface area contributed by atoms with Gasteiger partial charge in [-0.05, 0) is 48.8 Å². The quantitative estimate of drug-likeness (QED) is 0.666. The average Bonchev–Trinajstić information content (AvgIpc) is 2.26. The number of aromatic nitrogens is 1. The molecule has 2 heterocycles. The highest BCUT2D eigenvalue weighted by Crippen LogP contribution is 2.30. The van der Waals surface area contributed by atoms with Crippen molar-refractivity contribution in [3.8, 4) is 0 Å². The van der Waals surface area contributed by atoms with Gasteiger partial charge in [-0.3, -0.25) is 0 Å². The van der Waals surface area contributed by atoms with Crippen molar-refractivity contribution < 1.29 is 0 Å². The van der Waals surface area contributed by atoms with E-state index in [1.807, 2.05) is 11.8 Å². The highest BCUT2D eigenvalue weighted by Gasteiger charge is 2.11. The number of aryl methyl sites for hydroxylation is 2. The van der Waals surface area contributed by atoms with Crippen LogP contribution in [0.4, 0.5) is 0 Å². The molecule has 0 atom stereocenters. The molecule has 1 aromatic heterocycles. The largest absolute Gasteiger partial charge is 0.241 e. The zero-order valence-electron chi connectivity index (χ0n) is 8.79. The Balaban J connectivity index is 2.26. The molecule has 0 radical (unpaired) electrons. The Morgan fingerprint density at radius 3 is 3.13 bits per heavy atom. The molecule has 1 aliphatic rings.